The summed E-state index contributed by atoms with van der Waals surface area (Å²) in [5.41, 5.74) is 1.46. The molecule has 1 fully saturated rings. The van der Waals surface area contributed by atoms with Crippen LogP contribution in [-0.2, 0) is 5.54 Å². The summed E-state index contributed by atoms with van der Waals surface area (Å²) in [5, 5.41) is 3.79. The molecule has 3 unspecified atom stereocenters. The Labute approximate surface area is 124 Å². The van der Waals surface area contributed by atoms with E-state index in [1.165, 1.54) is 12.0 Å². The normalized spacial score (nSPS) is 29.6. The van der Waals surface area contributed by atoms with E-state index in [1.54, 1.807) is 0 Å². The summed E-state index contributed by atoms with van der Waals surface area (Å²) < 4.78 is 0. The summed E-state index contributed by atoms with van der Waals surface area (Å²) in [7, 11) is 0. The molecule has 0 aromatic heterocycles. The fourth-order valence-electron chi connectivity index (χ4n) is 3.25. The third kappa shape index (κ3) is 3.07. The Morgan fingerprint density at radius 1 is 1.25 bits per heavy atom. The van der Waals surface area contributed by atoms with Gasteiger partial charge in [-0.3, -0.25) is 4.90 Å². The lowest BCUT2D eigenvalue weighted by Crippen LogP contribution is -2.63. The van der Waals surface area contributed by atoms with Crippen molar-refractivity contribution in [3.8, 4) is 0 Å². The molecule has 0 spiro atoms. The second-order valence-electron chi connectivity index (χ2n) is 6.80. The van der Waals surface area contributed by atoms with Gasteiger partial charge in [-0.25, -0.2) is 0 Å². The van der Waals surface area contributed by atoms with Gasteiger partial charge >= 0.3 is 0 Å². The first-order chi connectivity index (χ1) is 9.48. The first-order valence-electron chi connectivity index (χ1n) is 8.04. The molecule has 3 atom stereocenters. The largest absolute Gasteiger partial charge is 0.305 e. The van der Waals surface area contributed by atoms with Gasteiger partial charge in [-0.05, 0) is 31.7 Å². The van der Waals surface area contributed by atoms with Crippen molar-refractivity contribution in [1.29, 1.82) is 0 Å². The van der Waals surface area contributed by atoms with E-state index in [2.05, 4.69) is 75.2 Å². The molecule has 0 radical (unpaired) electrons. The number of nitrogens with one attached hydrogen (secondary N) is 1. The van der Waals surface area contributed by atoms with Crippen LogP contribution < -0.4 is 5.32 Å². The smallest absolute Gasteiger partial charge is 0.0535 e. The number of piperazine rings is 1. The summed E-state index contributed by atoms with van der Waals surface area (Å²) in [6, 6.07) is 12.2. The Bertz CT molecular complexity index is 413. The Morgan fingerprint density at radius 2 is 1.90 bits per heavy atom. The molecule has 20 heavy (non-hydrogen) atoms. The molecule has 1 N–H and O–H groups in total. The van der Waals surface area contributed by atoms with Gasteiger partial charge in [-0.2, -0.15) is 0 Å². The van der Waals surface area contributed by atoms with Gasteiger partial charge in [0.1, 0.15) is 0 Å². The highest BCUT2D eigenvalue weighted by molar-refractivity contribution is 5.25. The Balaban J connectivity index is 2.23. The highest BCUT2D eigenvalue weighted by Crippen LogP contribution is 2.29. The van der Waals surface area contributed by atoms with Gasteiger partial charge in [0.2, 0.25) is 0 Å². The molecule has 0 amide bonds. The van der Waals surface area contributed by atoms with E-state index in [0.29, 0.717) is 18.0 Å². The molecule has 1 aliphatic heterocycles. The van der Waals surface area contributed by atoms with Gasteiger partial charge in [0.25, 0.3) is 0 Å². The third-order valence-electron chi connectivity index (χ3n) is 5.07. The molecule has 2 rings (SSSR count). The minimum absolute atomic E-state index is 0.0656. The van der Waals surface area contributed by atoms with Gasteiger partial charge in [0.15, 0.2) is 0 Å². The fourth-order valence-corrected chi connectivity index (χ4v) is 3.25. The Hall–Kier alpha value is -0.860. The van der Waals surface area contributed by atoms with E-state index in [0.717, 1.165) is 13.1 Å². The van der Waals surface area contributed by atoms with E-state index in [1.807, 2.05) is 0 Å². The van der Waals surface area contributed by atoms with Crippen molar-refractivity contribution >= 4 is 0 Å². The fraction of sp³-hybridized carbons (Fsp3) is 0.667. The van der Waals surface area contributed by atoms with E-state index >= 15 is 0 Å². The Morgan fingerprint density at radius 3 is 2.45 bits per heavy atom. The molecule has 2 nitrogen and oxygen atoms in total. The average Bonchev–Trinajstić information content (AvgIpc) is 2.47. The summed E-state index contributed by atoms with van der Waals surface area (Å²) in [5.74, 6) is 0.696. The van der Waals surface area contributed by atoms with E-state index in [9.17, 15) is 0 Å². The zero-order valence-corrected chi connectivity index (χ0v) is 13.7. The van der Waals surface area contributed by atoms with Crippen LogP contribution in [-0.4, -0.2) is 30.1 Å². The minimum Gasteiger partial charge on any atom is -0.305 e. The van der Waals surface area contributed by atoms with Crippen LogP contribution in [0.1, 0.15) is 46.6 Å². The van der Waals surface area contributed by atoms with Crippen LogP contribution in [0, 0.1) is 5.92 Å². The number of benzene rings is 1. The zero-order valence-electron chi connectivity index (χ0n) is 13.7. The van der Waals surface area contributed by atoms with E-state index < -0.39 is 0 Å². The molecular weight excluding hydrogens is 244 g/mol. The standard InChI is InChI=1S/C18H30N2/c1-6-17-12-19-18(5,16-10-8-7-9-11-16)13-20(17)15(4)14(2)3/h7-11,14-15,17,19H,6,12-13H2,1-5H3. The average molecular weight is 274 g/mol. The summed E-state index contributed by atoms with van der Waals surface area (Å²) in [6.45, 7) is 13.9. The molecule has 0 bridgehead atoms. The van der Waals surface area contributed by atoms with Crippen LogP contribution >= 0.6 is 0 Å². The molecule has 112 valence electrons. The summed E-state index contributed by atoms with van der Waals surface area (Å²) in [4.78, 5) is 2.72. The van der Waals surface area contributed by atoms with Crippen LogP contribution in [0.2, 0.25) is 0 Å². The number of rotatable bonds is 4. The predicted octanol–water partition coefficient (Wildman–Crippen LogP) is 3.63. The van der Waals surface area contributed by atoms with Crippen molar-refractivity contribution < 1.29 is 0 Å². The van der Waals surface area contributed by atoms with Crippen molar-refractivity contribution in [2.24, 2.45) is 5.92 Å². The molecule has 1 saturated heterocycles. The molecule has 2 heteroatoms. The predicted molar refractivity (Wildman–Crippen MR) is 86.9 cm³/mol. The van der Waals surface area contributed by atoms with Crippen molar-refractivity contribution in [2.75, 3.05) is 13.1 Å². The first kappa shape index (κ1) is 15.5. The van der Waals surface area contributed by atoms with Gasteiger partial charge < -0.3 is 5.32 Å². The van der Waals surface area contributed by atoms with Crippen LogP contribution in [0.15, 0.2) is 30.3 Å². The highest BCUT2D eigenvalue weighted by atomic mass is 15.3. The van der Waals surface area contributed by atoms with Crippen molar-refractivity contribution in [1.82, 2.24) is 10.2 Å². The monoisotopic (exact) mass is 274 g/mol. The maximum absolute atomic E-state index is 3.79. The highest BCUT2D eigenvalue weighted by Gasteiger charge is 2.38. The summed E-state index contributed by atoms with van der Waals surface area (Å²) in [6.07, 6.45) is 1.22. The van der Waals surface area contributed by atoms with Crippen LogP contribution in [0.25, 0.3) is 0 Å². The van der Waals surface area contributed by atoms with E-state index in [4.69, 9.17) is 0 Å². The van der Waals surface area contributed by atoms with Crippen LogP contribution in [0.3, 0.4) is 0 Å². The lowest BCUT2D eigenvalue weighted by molar-refractivity contribution is 0.0334. The van der Waals surface area contributed by atoms with Crippen LogP contribution in [0.5, 0.6) is 0 Å². The lowest BCUT2D eigenvalue weighted by atomic mass is 9.86. The quantitative estimate of drug-likeness (QED) is 0.902. The van der Waals surface area contributed by atoms with Gasteiger partial charge in [-0.1, -0.05) is 51.1 Å². The van der Waals surface area contributed by atoms with Crippen molar-refractivity contribution in [3.05, 3.63) is 35.9 Å². The molecule has 1 aromatic carbocycles. The van der Waals surface area contributed by atoms with Crippen molar-refractivity contribution in [2.45, 2.75) is 58.7 Å². The topological polar surface area (TPSA) is 15.3 Å². The number of hydrogen-bond donors (Lipinski definition) is 1. The SMILES string of the molecule is CCC1CNC(C)(c2ccccc2)CN1C(C)C(C)C. The minimum atomic E-state index is 0.0656. The molecule has 1 aromatic rings. The zero-order chi connectivity index (χ0) is 14.8. The number of nitrogens with zero attached hydrogens (tertiary/aromatic N) is 1. The lowest BCUT2D eigenvalue weighted by Gasteiger charge is -2.49. The van der Waals surface area contributed by atoms with Gasteiger partial charge in [0, 0.05) is 25.2 Å². The molecule has 1 aliphatic rings. The second-order valence-corrected chi connectivity index (χ2v) is 6.80. The van der Waals surface area contributed by atoms with Crippen molar-refractivity contribution in [3.63, 3.8) is 0 Å². The molecule has 0 aliphatic carbocycles. The maximum Gasteiger partial charge on any atom is 0.0535 e. The van der Waals surface area contributed by atoms with Gasteiger partial charge in [-0.15, -0.1) is 0 Å². The Kier molecular flexibility index (Phi) is 4.87. The maximum atomic E-state index is 3.79. The van der Waals surface area contributed by atoms with E-state index in [-0.39, 0.29) is 5.54 Å². The molecule has 1 heterocycles. The molecule has 0 saturated carbocycles. The van der Waals surface area contributed by atoms with Gasteiger partial charge in [0.05, 0.1) is 5.54 Å². The second kappa shape index (κ2) is 6.28. The first-order valence-corrected chi connectivity index (χ1v) is 8.04. The molecular formula is C18H30N2. The van der Waals surface area contributed by atoms with Crippen LogP contribution in [0.4, 0.5) is 0 Å². The third-order valence-corrected chi connectivity index (χ3v) is 5.07. The summed E-state index contributed by atoms with van der Waals surface area (Å²) >= 11 is 0. The number of hydrogen-bond acceptors (Lipinski definition) is 2.